The molecule has 1 aromatic heterocycles. The predicted octanol–water partition coefficient (Wildman–Crippen LogP) is 5.86. The number of carbonyl (C=O) groups is 1. The largest absolute Gasteiger partial charge is 0.435 e. The van der Waals surface area contributed by atoms with Crippen LogP contribution in [0.25, 0.3) is 16.6 Å². The van der Waals surface area contributed by atoms with Crippen molar-refractivity contribution in [2.75, 3.05) is 5.75 Å². The Morgan fingerprint density at radius 2 is 1.66 bits per heavy atom. The van der Waals surface area contributed by atoms with Gasteiger partial charge in [0.2, 0.25) is 0 Å². The molecule has 8 heteroatoms. The molecule has 0 saturated heterocycles. The Labute approximate surface area is 205 Å². The van der Waals surface area contributed by atoms with E-state index in [0.29, 0.717) is 39.5 Å². The lowest BCUT2D eigenvalue weighted by atomic mass is 9.48. The summed E-state index contributed by atoms with van der Waals surface area (Å²) in [5.41, 5.74) is 0.580. The number of carbonyl (C=O) groups excluding carboxylic acids is 1. The number of aromatic nitrogens is 2. The number of Topliss-reactive ketones (excluding diaryl/α,β-unsaturated/α-hetero) is 1. The first-order valence-electron chi connectivity index (χ1n) is 12.1. The van der Waals surface area contributed by atoms with Crippen molar-refractivity contribution in [2.45, 2.75) is 50.3 Å². The van der Waals surface area contributed by atoms with E-state index in [0.717, 1.165) is 19.3 Å². The zero-order valence-electron chi connectivity index (χ0n) is 19.2. The Morgan fingerprint density at radius 1 is 1.03 bits per heavy atom. The number of ketones is 1. The number of hydrogen-bond donors (Lipinski definition) is 0. The van der Waals surface area contributed by atoms with Crippen molar-refractivity contribution in [3.63, 3.8) is 0 Å². The number of nitrogens with zero attached hydrogens (tertiary/aromatic N) is 2. The zero-order valence-corrected chi connectivity index (χ0v) is 20.0. The van der Waals surface area contributed by atoms with E-state index < -0.39 is 6.61 Å². The smallest absolute Gasteiger partial charge is 0.387 e. The van der Waals surface area contributed by atoms with Gasteiger partial charge in [0, 0.05) is 5.41 Å². The van der Waals surface area contributed by atoms with E-state index in [1.165, 1.54) is 47.7 Å². The summed E-state index contributed by atoms with van der Waals surface area (Å²) in [6.07, 6.45) is 6.83. The third-order valence-corrected chi connectivity index (χ3v) is 8.97. The van der Waals surface area contributed by atoms with Crippen LogP contribution in [0.3, 0.4) is 0 Å². The molecule has 0 unspecified atom stereocenters. The molecule has 182 valence electrons. The summed E-state index contributed by atoms with van der Waals surface area (Å²) in [5.74, 6) is 2.60. The fourth-order valence-electron chi connectivity index (χ4n) is 6.95. The summed E-state index contributed by atoms with van der Waals surface area (Å²) >= 11 is 1.29. The monoisotopic (exact) mass is 496 g/mol. The van der Waals surface area contributed by atoms with Crippen LogP contribution in [0.5, 0.6) is 5.75 Å². The molecular formula is C27H26F2N2O3S. The van der Waals surface area contributed by atoms with Crippen LogP contribution >= 0.6 is 11.8 Å². The van der Waals surface area contributed by atoms with Crippen LogP contribution < -0.4 is 10.3 Å². The minimum absolute atomic E-state index is 0.0109. The van der Waals surface area contributed by atoms with E-state index in [9.17, 15) is 18.4 Å². The van der Waals surface area contributed by atoms with Crippen molar-refractivity contribution in [1.82, 2.24) is 9.55 Å². The number of hydrogen-bond acceptors (Lipinski definition) is 5. The van der Waals surface area contributed by atoms with Gasteiger partial charge in [0.05, 0.1) is 22.3 Å². The van der Waals surface area contributed by atoms with Crippen molar-refractivity contribution in [2.24, 2.45) is 23.2 Å². The van der Waals surface area contributed by atoms with Crippen LogP contribution in [-0.2, 0) is 4.79 Å². The number of thioether (sulfide) groups is 1. The summed E-state index contributed by atoms with van der Waals surface area (Å²) in [6, 6.07) is 13.0. The van der Waals surface area contributed by atoms with Gasteiger partial charge < -0.3 is 4.74 Å². The summed E-state index contributed by atoms with van der Waals surface area (Å²) in [6.45, 7) is -2.92. The number of para-hydroxylation sites is 1. The SMILES string of the molecule is O=C(CSc1nc2ccccc2c(=O)n1-c1ccc(OC(F)F)cc1)C12CC3CC(CC(C3)C1)C2. The Bertz CT molecular complexity index is 1300. The van der Waals surface area contributed by atoms with Gasteiger partial charge in [-0.3, -0.25) is 14.2 Å². The van der Waals surface area contributed by atoms with E-state index in [4.69, 9.17) is 4.98 Å². The second-order valence-corrected chi connectivity index (χ2v) is 11.3. The molecule has 4 aliphatic carbocycles. The molecule has 4 bridgehead atoms. The van der Waals surface area contributed by atoms with Crippen molar-refractivity contribution in [1.29, 1.82) is 0 Å². The van der Waals surface area contributed by atoms with E-state index in [1.807, 2.05) is 6.07 Å². The van der Waals surface area contributed by atoms with Crippen LogP contribution in [0.1, 0.15) is 38.5 Å². The first-order chi connectivity index (χ1) is 16.9. The molecule has 0 atom stereocenters. The summed E-state index contributed by atoms with van der Waals surface area (Å²) in [5, 5.41) is 0.881. The molecule has 0 radical (unpaired) electrons. The molecule has 3 aromatic rings. The molecule has 2 aromatic carbocycles. The quantitative estimate of drug-likeness (QED) is 0.303. The molecule has 35 heavy (non-hydrogen) atoms. The first kappa shape index (κ1) is 22.7. The van der Waals surface area contributed by atoms with Gasteiger partial charge in [-0.15, -0.1) is 0 Å². The summed E-state index contributed by atoms with van der Waals surface area (Å²) in [7, 11) is 0. The average Bonchev–Trinajstić information content (AvgIpc) is 2.82. The Kier molecular flexibility index (Phi) is 5.66. The van der Waals surface area contributed by atoms with Gasteiger partial charge in [-0.2, -0.15) is 8.78 Å². The maximum absolute atomic E-state index is 13.6. The van der Waals surface area contributed by atoms with Gasteiger partial charge >= 0.3 is 6.61 Å². The lowest BCUT2D eigenvalue weighted by Crippen LogP contribution is -2.50. The fourth-order valence-corrected chi connectivity index (χ4v) is 8.00. The minimum atomic E-state index is -2.92. The number of rotatable bonds is 7. The Balaban J connectivity index is 1.32. The number of ether oxygens (including phenoxy) is 1. The molecule has 4 aliphatic rings. The molecule has 0 amide bonds. The third-order valence-electron chi connectivity index (χ3n) is 8.03. The van der Waals surface area contributed by atoms with Crippen molar-refractivity contribution in [3.8, 4) is 11.4 Å². The highest BCUT2D eigenvalue weighted by Crippen LogP contribution is 2.60. The second-order valence-electron chi connectivity index (χ2n) is 10.3. The second kappa shape index (κ2) is 8.73. The highest BCUT2D eigenvalue weighted by Gasteiger charge is 2.54. The predicted molar refractivity (Wildman–Crippen MR) is 130 cm³/mol. The molecule has 5 nitrogen and oxygen atoms in total. The van der Waals surface area contributed by atoms with Crippen LogP contribution in [0.2, 0.25) is 0 Å². The average molecular weight is 497 g/mol. The van der Waals surface area contributed by atoms with Gasteiger partial charge in [-0.05, 0) is 92.7 Å². The van der Waals surface area contributed by atoms with E-state index in [-0.39, 0.29) is 28.3 Å². The number of benzene rings is 2. The molecule has 4 fully saturated rings. The normalized spacial score (nSPS) is 27.0. The van der Waals surface area contributed by atoms with Crippen molar-refractivity contribution in [3.05, 3.63) is 58.9 Å². The molecule has 7 rings (SSSR count). The highest BCUT2D eigenvalue weighted by molar-refractivity contribution is 7.99. The van der Waals surface area contributed by atoms with Gasteiger partial charge in [0.1, 0.15) is 11.5 Å². The van der Waals surface area contributed by atoms with Crippen LogP contribution in [0, 0.1) is 23.2 Å². The van der Waals surface area contributed by atoms with Crippen molar-refractivity contribution >= 4 is 28.4 Å². The lowest BCUT2D eigenvalue weighted by Gasteiger charge is -2.56. The molecule has 4 saturated carbocycles. The molecule has 0 spiro atoms. The highest BCUT2D eigenvalue weighted by atomic mass is 32.2. The fraction of sp³-hybridized carbons (Fsp3) is 0.444. The van der Waals surface area contributed by atoms with E-state index >= 15 is 0 Å². The van der Waals surface area contributed by atoms with E-state index in [2.05, 4.69) is 4.74 Å². The minimum Gasteiger partial charge on any atom is -0.435 e. The Hall–Kier alpha value is -2.74. The molecule has 1 heterocycles. The van der Waals surface area contributed by atoms with Crippen LogP contribution in [-0.4, -0.2) is 27.7 Å². The number of fused-ring (bicyclic) bond motifs is 1. The van der Waals surface area contributed by atoms with Gasteiger partial charge in [0.15, 0.2) is 5.16 Å². The van der Waals surface area contributed by atoms with E-state index in [1.54, 1.807) is 30.3 Å². The number of alkyl halides is 2. The lowest BCUT2D eigenvalue weighted by molar-refractivity contribution is -0.141. The first-order valence-corrected chi connectivity index (χ1v) is 13.1. The van der Waals surface area contributed by atoms with Gasteiger partial charge in [-0.25, -0.2) is 4.98 Å². The molecular weight excluding hydrogens is 470 g/mol. The maximum Gasteiger partial charge on any atom is 0.387 e. The van der Waals surface area contributed by atoms with Crippen LogP contribution in [0.15, 0.2) is 58.5 Å². The Morgan fingerprint density at radius 3 is 2.29 bits per heavy atom. The summed E-state index contributed by atoms with van der Waals surface area (Å²) < 4.78 is 31.0. The zero-order chi connectivity index (χ0) is 24.2. The van der Waals surface area contributed by atoms with Gasteiger partial charge in [0.25, 0.3) is 5.56 Å². The standard InChI is InChI=1S/C27H26F2N2O3S/c28-25(29)34-20-7-5-19(6-8-20)31-24(33)21-3-1-2-4-22(21)30-26(31)35-15-23(32)27-12-16-9-17(13-27)11-18(10-16)14-27/h1-8,16-18,25H,9-15H2. The topological polar surface area (TPSA) is 61.2 Å². The summed E-state index contributed by atoms with van der Waals surface area (Å²) in [4.78, 5) is 31.8. The van der Waals surface area contributed by atoms with Crippen LogP contribution in [0.4, 0.5) is 8.78 Å². The third kappa shape index (κ3) is 4.15. The maximum atomic E-state index is 13.6. The van der Waals surface area contributed by atoms with Gasteiger partial charge in [-0.1, -0.05) is 23.9 Å². The number of halogens is 2. The molecule has 0 aliphatic heterocycles. The van der Waals surface area contributed by atoms with Crippen molar-refractivity contribution < 1.29 is 18.3 Å². The molecule has 0 N–H and O–H groups in total.